The minimum Gasteiger partial charge on any atom is -0.309 e. The SMILES string of the molecule is [2H]c1cc([2H])c2sc3c(-c4cc(-c5nc(-c6ccccc6)nc(-c6cccc(-c7ccccc7)c6)n5)ccc4-n4c5ccccc5c5ccccc54)c([2H])c([2H])c([2H])c3c2c1[2H]. The monoisotopic (exact) mass is 738 g/mol. The van der Waals surface area contributed by atoms with Crippen molar-refractivity contribution in [3.63, 3.8) is 0 Å². The summed E-state index contributed by atoms with van der Waals surface area (Å²) in [6, 6.07) is 50.8. The average molecular weight is 739 g/mol. The zero-order valence-corrected chi connectivity index (χ0v) is 30.5. The molecule has 8 aromatic carbocycles. The summed E-state index contributed by atoms with van der Waals surface area (Å²) in [5.74, 6) is 1.37. The lowest BCUT2D eigenvalue weighted by Crippen LogP contribution is -2.02. The molecule has 11 aromatic rings. The molecule has 0 saturated heterocycles. The quantitative estimate of drug-likeness (QED) is 0.171. The van der Waals surface area contributed by atoms with Gasteiger partial charge in [-0.1, -0.05) is 152 Å². The van der Waals surface area contributed by atoms with Crippen molar-refractivity contribution in [3.8, 4) is 62.1 Å². The summed E-state index contributed by atoms with van der Waals surface area (Å²) in [5, 5.41) is 2.67. The Bertz CT molecular complexity index is 3550. The Labute approximate surface area is 336 Å². The van der Waals surface area contributed by atoms with Crippen LogP contribution in [0.25, 0.3) is 104 Å². The Morgan fingerprint density at radius 3 is 1.73 bits per heavy atom. The van der Waals surface area contributed by atoms with Gasteiger partial charge >= 0.3 is 0 Å². The molecule has 56 heavy (non-hydrogen) atoms. The summed E-state index contributed by atoms with van der Waals surface area (Å²) in [6.45, 7) is 0. The molecule has 0 radical (unpaired) electrons. The van der Waals surface area contributed by atoms with Gasteiger partial charge in [0.2, 0.25) is 0 Å². The fourth-order valence-corrected chi connectivity index (χ4v) is 8.73. The lowest BCUT2D eigenvalue weighted by atomic mass is 9.98. The Hall–Kier alpha value is -7.21. The molecular weight excluding hydrogens is 701 g/mol. The Morgan fingerprint density at radius 1 is 0.411 bits per heavy atom. The minimum absolute atomic E-state index is 0.0597. The molecule has 4 nitrogen and oxygen atoms in total. The molecular formula is C51H32N4S. The first kappa shape index (κ1) is 26.5. The van der Waals surface area contributed by atoms with E-state index in [1.807, 2.05) is 103 Å². The van der Waals surface area contributed by atoms with E-state index in [2.05, 4.69) is 53.1 Å². The first-order valence-electron chi connectivity index (χ1n) is 21.3. The summed E-state index contributed by atoms with van der Waals surface area (Å²) in [5.41, 5.74) is 7.93. The van der Waals surface area contributed by atoms with Crippen molar-refractivity contribution in [1.82, 2.24) is 19.5 Å². The number of hydrogen-bond donors (Lipinski definition) is 0. The number of thiophene rings is 1. The largest absolute Gasteiger partial charge is 0.309 e. The van der Waals surface area contributed by atoms with Gasteiger partial charge in [0.25, 0.3) is 0 Å². The van der Waals surface area contributed by atoms with E-state index in [1.165, 1.54) is 17.4 Å². The summed E-state index contributed by atoms with van der Waals surface area (Å²) in [7, 11) is 0. The van der Waals surface area contributed by atoms with Crippen LogP contribution in [0.1, 0.15) is 8.22 Å². The average Bonchev–Trinajstić information content (AvgIpc) is 3.88. The van der Waals surface area contributed by atoms with Crippen molar-refractivity contribution in [3.05, 3.63) is 194 Å². The van der Waals surface area contributed by atoms with Gasteiger partial charge < -0.3 is 4.57 Å². The first-order valence-corrected chi connectivity index (χ1v) is 19.1. The molecule has 11 rings (SSSR count). The summed E-state index contributed by atoms with van der Waals surface area (Å²) >= 11 is 1.22. The highest BCUT2D eigenvalue weighted by Gasteiger charge is 2.21. The topological polar surface area (TPSA) is 43.6 Å². The summed E-state index contributed by atoms with van der Waals surface area (Å²) < 4.78 is 57.3. The van der Waals surface area contributed by atoms with Crippen LogP contribution in [0.4, 0.5) is 0 Å². The molecule has 0 unspecified atom stereocenters. The zero-order valence-electron chi connectivity index (χ0n) is 35.7. The van der Waals surface area contributed by atoms with Gasteiger partial charge in [-0.05, 0) is 53.6 Å². The second-order valence-corrected chi connectivity index (χ2v) is 14.6. The molecule has 3 aromatic heterocycles. The highest BCUT2D eigenvalue weighted by Crippen LogP contribution is 2.44. The maximum Gasteiger partial charge on any atom is 0.164 e. The minimum atomic E-state index is -0.306. The van der Waals surface area contributed by atoms with E-state index in [-0.39, 0.29) is 41.6 Å². The highest BCUT2D eigenvalue weighted by atomic mass is 32.1. The van der Waals surface area contributed by atoms with Gasteiger partial charge in [0.15, 0.2) is 17.5 Å². The molecule has 0 aliphatic heterocycles. The van der Waals surface area contributed by atoms with Crippen LogP contribution in [0, 0.1) is 0 Å². The normalized spacial score (nSPS) is 13.1. The lowest BCUT2D eigenvalue weighted by molar-refractivity contribution is 1.07. The Morgan fingerprint density at radius 2 is 1.00 bits per heavy atom. The van der Waals surface area contributed by atoms with E-state index in [9.17, 15) is 2.74 Å². The van der Waals surface area contributed by atoms with Crippen LogP contribution in [-0.2, 0) is 0 Å². The van der Waals surface area contributed by atoms with Crippen molar-refractivity contribution >= 4 is 53.3 Å². The van der Waals surface area contributed by atoms with Crippen LogP contribution in [0.2, 0.25) is 0 Å². The van der Waals surface area contributed by atoms with Gasteiger partial charge in [0.1, 0.15) is 0 Å². The molecule has 0 atom stereocenters. The van der Waals surface area contributed by atoms with Gasteiger partial charge in [-0.2, -0.15) is 0 Å². The Balaban J connectivity index is 1.23. The van der Waals surface area contributed by atoms with E-state index in [1.54, 1.807) is 0 Å². The third kappa shape index (κ3) is 5.40. The maximum absolute atomic E-state index is 9.60. The number of benzene rings is 8. The van der Waals surface area contributed by atoms with E-state index in [0.29, 0.717) is 48.9 Å². The fourth-order valence-electron chi connectivity index (χ4n) is 7.63. The van der Waals surface area contributed by atoms with Crippen LogP contribution in [-0.4, -0.2) is 19.5 Å². The molecule has 0 saturated carbocycles. The second-order valence-electron chi connectivity index (χ2n) is 13.5. The predicted octanol–water partition coefficient (Wildman–Crippen LogP) is 13.7. The summed E-state index contributed by atoms with van der Waals surface area (Å²) in [6.07, 6.45) is 0. The molecule has 0 aliphatic carbocycles. The van der Waals surface area contributed by atoms with Gasteiger partial charge in [0, 0.05) is 58.8 Å². The fraction of sp³-hybridized carbons (Fsp3) is 0. The van der Waals surface area contributed by atoms with E-state index >= 15 is 0 Å². The summed E-state index contributed by atoms with van der Waals surface area (Å²) in [4.78, 5) is 15.2. The smallest absolute Gasteiger partial charge is 0.164 e. The predicted molar refractivity (Wildman–Crippen MR) is 234 cm³/mol. The van der Waals surface area contributed by atoms with E-state index in [0.717, 1.165) is 49.7 Å². The van der Waals surface area contributed by atoms with Crippen molar-refractivity contribution in [2.24, 2.45) is 0 Å². The lowest BCUT2D eigenvalue weighted by Gasteiger charge is -2.17. The molecule has 5 heteroatoms. The van der Waals surface area contributed by atoms with Crippen molar-refractivity contribution < 1.29 is 8.22 Å². The highest BCUT2D eigenvalue weighted by molar-refractivity contribution is 7.26. The number of rotatable bonds is 6. The van der Waals surface area contributed by atoms with Crippen LogP contribution >= 0.6 is 11.3 Å². The molecule has 0 bridgehead atoms. The van der Waals surface area contributed by atoms with Crippen molar-refractivity contribution in [2.45, 2.75) is 0 Å². The van der Waals surface area contributed by atoms with Crippen LogP contribution in [0.5, 0.6) is 0 Å². The van der Waals surface area contributed by atoms with E-state index in [4.69, 9.17) is 20.4 Å². The number of hydrogen-bond acceptors (Lipinski definition) is 4. The van der Waals surface area contributed by atoms with Crippen LogP contribution in [0.3, 0.4) is 0 Å². The van der Waals surface area contributed by atoms with Gasteiger partial charge in [-0.15, -0.1) is 11.3 Å². The Kier molecular flexibility index (Phi) is 6.29. The number of nitrogens with zero attached hydrogens (tertiary/aromatic N) is 4. The van der Waals surface area contributed by atoms with Gasteiger partial charge in [0.05, 0.1) is 24.9 Å². The zero-order chi connectivity index (χ0) is 42.2. The van der Waals surface area contributed by atoms with Gasteiger partial charge in [-0.25, -0.2) is 15.0 Å². The molecule has 262 valence electrons. The number of fused-ring (bicyclic) bond motifs is 6. The molecule has 3 heterocycles. The van der Waals surface area contributed by atoms with E-state index < -0.39 is 0 Å². The standard InChI is InChI=1S/C51H32N4S/c1-3-15-33(16-4-1)35-19-13-20-36(31-35)50-52-49(34-17-5-2-6-18-34)53-51(54-50)37-29-30-46(55-44-26-10-7-21-38(44)39-22-8-11-27-45(39)55)43(32-37)42-25-14-24-41-40-23-9-12-28-47(40)56-48(41)42/h1-32H/i9D,14D,23D,24D,25D,28D. The second kappa shape index (κ2) is 13.3. The van der Waals surface area contributed by atoms with Gasteiger partial charge in [-0.3, -0.25) is 0 Å². The molecule has 0 spiro atoms. The van der Waals surface area contributed by atoms with Crippen molar-refractivity contribution in [2.75, 3.05) is 0 Å². The molecule has 0 aliphatic rings. The first-order chi connectivity index (χ1) is 30.2. The molecule has 0 fully saturated rings. The number of aromatic nitrogens is 4. The molecule has 0 N–H and O–H groups in total. The number of para-hydroxylation sites is 2. The maximum atomic E-state index is 9.60. The third-order valence-electron chi connectivity index (χ3n) is 10.2. The van der Waals surface area contributed by atoms with Crippen molar-refractivity contribution in [1.29, 1.82) is 0 Å². The third-order valence-corrected chi connectivity index (χ3v) is 11.4. The molecule has 0 amide bonds. The van der Waals surface area contributed by atoms with Crippen LogP contribution in [0.15, 0.2) is 194 Å². The van der Waals surface area contributed by atoms with Crippen LogP contribution < -0.4 is 0 Å².